The van der Waals surface area contributed by atoms with Crippen LogP contribution in [0.25, 0.3) is 0 Å². The Kier molecular flexibility index (Phi) is 8.01. The Morgan fingerprint density at radius 2 is 0.690 bits per heavy atom. The van der Waals surface area contributed by atoms with Crippen LogP contribution >= 0.6 is 0 Å². The largest absolute Gasteiger partial charge is 0.408 e. The molecule has 0 aliphatic heterocycles. The van der Waals surface area contributed by atoms with Gasteiger partial charge in [-0.1, -0.05) is 82.2 Å². The fourth-order valence-electron chi connectivity index (χ4n) is 6.92. The van der Waals surface area contributed by atoms with E-state index in [1.165, 1.54) is 128 Å². The normalized spacial score (nSPS) is 26.2. The number of nitrogens with zero attached hydrogens (tertiary/aromatic N) is 3. The minimum atomic E-state index is 0.590. The van der Waals surface area contributed by atoms with E-state index in [1.54, 1.807) is 0 Å². The van der Waals surface area contributed by atoms with Crippen molar-refractivity contribution in [2.24, 2.45) is 5.16 Å². The molecule has 0 amide bonds. The molecule has 4 fully saturated rings. The summed E-state index contributed by atoms with van der Waals surface area (Å²) >= 11 is 0. The summed E-state index contributed by atoms with van der Waals surface area (Å²) in [5, 5.41) is 14.7. The van der Waals surface area contributed by atoms with Crippen molar-refractivity contribution in [3.05, 3.63) is 0 Å². The lowest BCUT2D eigenvalue weighted by molar-refractivity contribution is 0.0838. The third-order valence-electron chi connectivity index (χ3n) is 8.42. The molecule has 0 unspecified atom stereocenters. The van der Waals surface area contributed by atoms with E-state index in [9.17, 15) is 5.21 Å². The number of hydrogen-bond donors (Lipinski definition) is 1. The molecule has 0 heterocycles. The van der Waals surface area contributed by atoms with Crippen LogP contribution in [0.4, 0.5) is 0 Å². The van der Waals surface area contributed by atoms with Gasteiger partial charge in [-0.3, -0.25) is 0 Å². The number of guanidine groups is 1. The molecule has 4 aliphatic carbocycles. The van der Waals surface area contributed by atoms with Crippen molar-refractivity contribution >= 4 is 5.96 Å². The van der Waals surface area contributed by atoms with Crippen molar-refractivity contribution in [1.29, 1.82) is 0 Å². The van der Waals surface area contributed by atoms with Crippen molar-refractivity contribution in [2.45, 2.75) is 153 Å². The zero-order chi connectivity index (χ0) is 19.9. The fraction of sp³-hybridized carbons (Fsp3) is 0.960. The van der Waals surface area contributed by atoms with Gasteiger partial charge in [0, 0.05) is 24.2 Å². The van der Waals surface area contributed by atoms with Gasteiger partial charge in [-0.15, -0.1) is 0 Å². The molecule has 166 valence electrons. The molecule has 0 saturated heterocycles. The van der Waals surface area contributed by atoms with Crippen molar-refractivity contribution in [3.8, 4) is 0 Å². The van der Waals surface area contributed by atoms with Gasteiger partial charge in [0.2, 0.25) is 5.96 Å². The van der Waals surface area contributed by atoms with Crippen molar-refractivity contribution in [3.63, 3.8) is 0 Å². The van der Waals surface area contributed by atoms with Gasteiger partial charge in [0.15, 0.2) is 0 Å². The first-order chi connectivity index (χ1) is 14.4. The minimum Gasteiger partial charge on any atom is -0.408 e. The highest BCUT2D eigenvalue weighted by Crippen LogP contribution is 2.36. The minimum absolute atomic E-state index is 0.590. The van der Waals surface area contributed by atoms with Gasteiger partial charge in [-0.05, 0) is 51.4 Å². The van der Waals surface area contributed by atoms with E-state index in [2.05, 4.69) is 15.0 Å². The SMILES string of the molecule is ON=C(N(C1CCCCC1)C1CCCCC1)N(C1CCCCC1)C1CCCCC1. The maximum Gasteiger partial charge on any atom is 0.239 e. The molecule has 4 heteroatoms. The molecule has 4 rings (SSSR count). The Morgan fingerprint density at radius 1 is 0.448 bits per heavy atom. The summed E-state index contributed by atoms with van der Waals surface area (Å²) in [7, 11) is 0. The molecule has 1 N–H and O–H groups in total. The molecule has 4 saturated carbocycles. The molecule has 0 aromatic carbocycles. The summed E-state index contributed by atoms with van der Waals surface area (Å²) in [5.74, 6) is 0.989. The Morgan fingerprint density at radius 3 is 0.897 bits per heavy atom. The lowest BCUT2D eigenvalue weighted by Crippen LogP contribution is -2.60. The third kappa shape index (κ3) is 5.22. The third-order valence-corrected chi connectivity index (χ3v) is 8.42. The van der Waals surface area contributed by atoms with Crippen LogP contribution in [0.3, 0.4) is 0 Å². The van der Waals surface area contributed by atoms with Crippen molar-refractivity contribution in [1.82, 2.24) is 9.80 Å². The Labute approximate surface area is 179 Å². The zero-order valence-electron chi connectivity index (χ0n) is 18.7. The second-order valence-electron chi connectivity index (χ2n) is 10.4. The van der Waals surface area contributed by atoms with E-state index < -0.39 is 0 Å². The molecule has 4 nitrogen and oxygen atoms in total. The van der Waals surface area contributed by atoms with Crippen LogP contribution in [0, 0.1) is 0 Å². The molecule has 0 bridgehead atoms. The molecule has 0 aromatic rings. The predicted molar refractivity (Wildman–Crippen MR) is 120 cm³/mol. The predicted octanol–water partition coefficient (Wildman–Crippen LogP) is 6.67. The Balaban J connectivity index is 1.63. The Hall–Kier alpha value is -0.930. The highest BCUT2D eigenvalue weighted by Gasteiger charge is 2.39. The lowest BCUT2D eigenvalue weighted by atomic mass is 9.87. The molecular weight excluding hydrogens is 358 g/mol. The Bertz CT molecular complexity index is 420. The molecule has 0 aromatic heterocycles. The van der Waals surface area contributed by atoms with E-state index in [-0.39, 0.29) is 0 Å². The van der Waals surface area contributed by atoms with Crippen LogP contribution < -0.4 is 0 Å². The van der Waals surface area contributed by atoms with Crippen molar-refractivity contribution < 1.29 is 5.21 Å². The van der Waals surface area contributed by atoms with Gasteiger partial charge in [-0.2, -0.15) is 0 Å². The number of oxime groups is 1. The molecule has 0 atom stereocenters. The second-order valence-corrected chi connectivity index (χ2v) is 10.4. The maximum absolute atomic E-state index is 10.5. The first-order valence-electron chi connectivity index (χ1n) is 13.2. The van der Waals surface area contributed by atoms with Crippen LogP contribution in [0.5, 0.6) is 0 Å². The second kappa shape index (κ2) is 10.9. The smallest absolute Gasteiger partial charge is 0.239 e. The summed E-state index contributed by atoms with van der Waals surface area (Å²) in [4.78, 5) is 5.36. The van der Waals surface area contributed by atoms with Crippen LogP contribution in [0.2, 0.25) is 0 Å². The molecule has 0 radical (unpaired) electrons. The molecule has 0 spiro atoms. The standard InChI is InChI=1S/C25H45N3O/c29-26-25(27(21-13-5-1-6-14-21)22-15-7-2-8-16-22)28(23-17-9-3-10-18-23)24-19-11-4-12-20-24/h21-24,29H,1-20H2. The monoisotopic (exact) mass is 403 g/mol. The van der Waals surface area contributed by atoms with Gasteiger partial charge in [-0.25, -0.2) is 0 Å². The van der Waals surface area contributed by atoms with E-state index in [4.69, 9.17) is 0 Å². The molecule has 4 aliphatic rings. The highest BCUT2D eigenvalue weighted by molar-refractivity contribution is 5.81. The lowest BCUT2D eigenvalue weighted by Gasteiger charge is -2.50. The van der Waals surface area contributed by atoms with Gasteiger partial charge in [0.1, 0.15) is 0 Å². The van der Waals surface area contributed by atoms with E-state index in [0.29, 0.717) is 24.2 Å². The van der Waals surface area contributed by atoms with Gasteiger partial charge in [0.25, 0.3) is 0 Å². The first-order valence-corrected chi connectivity index (χ1v) is 13.2. The summed E-state index contributed by atoms with van der Waals surface area (Å²) < 4.78 is 0. The number of hydrogen-bond acceptors (Lipinski definition) is 2. The van der Waals surface area contributed by atoms with Gasteiger partial charge in [0.05, 0.1) is 0 Å². The molecular formula is C25H45N3O. The summed E-state index contributed by atoms with van der Waals surface area (Å²) in [6, 6.07) is 2.36. The zero-order valence-corrected chi connectivity index (χ0v) is 18.7. The molecule has 29 heavy (non-hydrogen) atoms. The topological polar surface area (TPSA) is 39.1 Å². The van der Waals surface area contributed by atoms with E-state index in [1.807, 2.05) is 0 Å². The van der Waals surface area contributed by atoms with Crippen molar-refractivity contribution in [2.75, 3.05) is 0 Å². The first kappa shape index (κ1) is 21.3. The fourth-order valence-corrected chi connectivity index (χ4v) is 6.92. The number of rotatable bonds is 4. The van der Waals surface area contributed by atoms with Crippen LogP contribution in [-0.2, 0) is 0 Å². The summed E-state index contributed by atoms with van der Waals surface area (Å²) in [6.45, 7) is 0. The van der Waals surface area contributed by atoms with Crippen LogP contribution in [0.15, 0.2) is 5.16 Å². The summed E-state index contributed by atoms with van der Waals surface area (Å²) in [5.41, 5.74) is 0. The maximum atomic E-state index is 10.5. The van der Waals surface area contributed by atoms with Gasteiger partial charge >= 0.3 is 0 Å². The van der Waals surface area contributed by atoms with E-state index >= 15 is 0 Å². The van der Waals surface area contributed by atoms with Crippen LogP contribution in [0.1, 0.15) is 128 Å². The average Bonchev–Trinajstić information content (AvgIpc) is 2.81. The summed E-state index contributed by atoms with van der Waals surface area (Å²) in [6.07, 6.45) is 26.6. The highest BCUT2D eigenvalue weighted by atomic mass is 16.4. The quantitative estimate of drug-likeness (QED) is 0.247. The van der Waals surface area contributed by atoms with Crippen LogP contribution in [-0.4, -0.2) is 45.1 Å². The average molecular weight is 404 g/mol. The van der Waals surface area contributed by atoms with E-state index in [0.717, 1.165) is 5.96 Å². The van der Waals surface area contributed by atoms with Gasteiger partial charge < -0.3 is 15.0 Å².